The molecule has 2 unspecified atom stereocenters. The number of halogens is 1. The molecule has 1 aliphatic carbocycles. The van der Waals surface area contributed by atoms with Crippen molar-refractivity contribution >= 4 is 41.7 Å². The zero-order valence-corrected chi connectivity index (χ0v) is 19.9. The van der Waals surface area contributed by atoms with Gasteiger partial charge in [0, 0.05) is 26.3 Å². The third-order valence-electron chi connectivity index (χ3n) is 4.17. The molecule has 1 saturated carbocycles. The first-order chi connectivity index (χ1) is 14.9. The fraction of sp³-hybridized carbons (Fsp3) is 0.571. The summed E-state index contributed by atoms with van der Waals surface area (Å²) in [6.45, 7) is 5.34. The number of nitrogens with zero attached hydrogens (tertiary/aromatic N) is 2. The number of pyridine rings is 1. The number of amides is 4. The number of carbonyl (C=O) groups is 4. The number of hydrogen-bond donors (Lipinski definition) is 3. The molecule has 1 aliphatic rings. The van der Waals surface area contributed by atoms with Crippen LogP contribution in [0.2, 0.25) is 5.02 Å². The topological polar surface area (TPSA) is 130 Å². The van der Waals surface area contributed by atoms with E-state index in [1.165, 1.54) is 17.2 Å². The molecule has 32 heavy (non-hydrogen) atoms. The molecular weight excluding hydrogens is 438 g/mol. The van der Waals surface area contributed by atoms with Crippen LogP contribution in [0.1, 0.15) is 46.5 Å². The van der Waals surface area contributed by atoms with Gasteiger partial charge < -0.3 is 25.6 Å². The molecule has 11 heteroatoms. The highest BCUT2D eigenvalue weighted by atomic mass is 35.5. The van der Waals surface area contributed by atoms with Crippen molar-refractivity contribution in [1.29, 1.82) is 0 Å². The monoisotopic (exact) mass is 469 g/mol. The fourth-order valence-corrected chi connectivity index (χ4v) is 2.90. The van der Waals surface area contributed by atoms with Gasteiger partial charge in [-0.15, -0.1) is 0 Å². The first-order valence-corrected chi connectivity index (χ1v) is 10.6. The Morgan fingerprint density at radius 2 is 1.66 bits per heavy atom. The Bertz CT molecular complexity index is 780. The van der Waals surface area contributed by atoms with Crippen LogP contribution >= 0.6 is 11.6 Å². The second-order valence-electron chi connectivity index (χ2n) is 8.50. The zero-order chi connectivity index (χ0) is 24.3. The van der Waals surface area contributed by atoms with Crippen molar-refractivity contribution in [3.05, 3.63) is 23.4 Å². The average Bonchev–Trinajstić information content (AvgIpc) is 2.70. The summed E-state index contributed by atoms with van der Waals surface area (Å²) in [5, 5.41) is 8.32. The summed E-state index contributed by atoms with van der Waals surface area (Å²) in [6.07, 6.45) is 4.77. The lowest BCUT2D eigenvalue weighted by molar-refractivity contribution is -0.136. The molecule has 1 aromatic heterocycles. The summed E-state index contributed by atoms with van der Waals surface area (Å²) in [5.74, 6) is -1.38. The fourth-order valence-electron chi connectivity index (χ4n) is 2.79. The van der Waals surface area contributed by atoms with Crippen LogP contribution in [0.3, 0.4) is 0 Å². The maximum atomic E-state index is 12.2. The van der Waals surface area contributed by atoms with Crippen LogP contribution in [0.25, 0.3) is 0 Å². The average molecular weight is 470 g/mol. The molecule has 1 heterocycles. The van der Waals surface area contributed by atoms with Gasteiger partial charge in [-0.25, -0.2) is 9.78 Å². The van der Waals surface area contributed by atoms with Crippen molar-refractivity contribution in [3.63, 3.8) is 0 Å². The van der Waals surface area contributed by atoms with Gasteiger partial charge in [-0.3, -0.25) is 14.4 Å². The Hall–Kier alpha value is -2.88. The highest BCUT2D eigenvalue weighted by Gasteiger charge is 2.31. The van der Waals surface area contributed by atoms with Gasteiger partial charge in [0.15, 0.2) is 0 Å². The number of nitrogens with one attached hydrogen (secondary N) is 3. The predicted molar refractivity (Wildman–Crippen MR) is 121 cm³/mol. The van der Waals surface area contributed by atoms with Gasteiger partial charge in [0.2, 0.25) is 6.41 Å². The third kappa shape index (κ3) is 10.9. The Kier molecular flexibility index (Phi) is 10.9. The van der Waals surface area contributed by atoms with Crippen molar-refractivity contribution in [3.8, 4) is 0 Å². The van der Waals surface area contributed by atoms with Crippen molar-refractivity contribution < 1.29 is 23.9 Å². The number of ether oxygens (including phenoxy) is 1. The van der Waals surface area contributed by atoms with Gasteiger partial charge in [0.1, 0.15) is 11.4 Å². The van der Waals surface area contributed by atoms with Gasteiger partial charge in [0.25, 0.3) is 0 Å². The molecule has 0 aromatic carbocycles. The van der Waals surface area contributed by atoms with E-state index < -0.39 is 23.5 Å². The van der Waals surface area contributed by atoms with E-state index >= 15 is 0 Å². The van der Waals surface area contributed by atoms with Crippen LogP contribution in [-0.4, -0.2) is 66.0 Å². The molecule has 2 atom stereocenters. The Morgan fingerprint density at radius 1 is 1.09 bits per heavy atom. The lowest BCUT2D eigenvalue weighted by Gasteiger charge is -2.33. The SMILES string of the molecule is CC(C)(C)OC(=O)NC1CCCCC1NC(=O)C(=O)Nc1ccc(Cl)cn1.CN(C)C=O. The molecule has 0 radical (unpaired) electrons. The maximum absolute atomic E-state index is 12.2. The van der Waals surface area contributed by atoms with Crippen molar-refractivity contribution in [1.82, 2.24) is 20.5 Å². The van der Waals surface area contributed by atoms with Crippen molar-refractivity contribution in [2.45, 2.75) is 64.1 Å². The Labute approximate surface area is 193 Å². The number of carbonyl (C=O) groups excluding carboxylic acids is 4. The second-order valence-corrected chi connectivity index (χ2v) is 8.94. The number of hydrogen-bond acceptors (Lipinski definition) is 6. The molecule has 3 N–H and O–H groups in total. The summed E-state index contributed by atoms with van der Waals surface area (Å²) >= 11 is 5.74. The summed E-state index contributed by atoms with van der Waals surface area (Å²) in [6, 6.07) is 2.42. The van der Waals surface area contributed by atoms with Gasteiger partial charge in [0.05, 0.1) is 11.1 Å². The third-order valence-corrected chi connectivity index (χ3v) is 4.39. The number of aromatic nitrogens is 1. The first kappa shape index (κ1) is 27.2. The molecule has 1 aromatic rings. The molecule has 178 valence electrons. The van der Waals surface area contributed by atoms with Crippen LogP contribution in [-0.2, 0) is 19.1 Å². The van der Waals surface area contributed by atoms with Gasteiger partial charge in [-0.1, -0.05) is 24.4 Å². The summed E-state index contributed by atoms with van der Waals surface area (Å²) in [4.78, 5) is 51.1. The molecule has 0 spiro atoms. The van der Waals surface area contributed by atoms with E-state index in [2.05, 4.69) is 20.9 Å². The number of anilines is 1. The van der Waals surface area contributed by atoms with Crippen molar-refractivity contribution in [2.24, 2.45) is 0 Å². The maximum Gasteiger partial charge on any atom is 0.407 e. The minimum atomic E-state index is -0.827. The standard InChI is InChI=1S/C18H25ClN4O4.C3H7NO/c1-18(2,3)27-17(26)22-13-7-5-4-6-12(13)21-15(24)16(25)23-14-9-8-11(19)10-20-14;1-4(2)3-5/h8-10,12-13H,4-7H2,1-3H3,(H,21,24)(H,22,26)(H,20,23,25);3H,1-2H3. The van der Waals surface area contributed by atoms with Gasteiger partial charge in [-0.05, 0) is 45.7 Å². The molecular formula is C21H32ClN5O5. The number of rotatable bonds is 4. The molecule has 0 bridgehead atoms. The van der Waals surface area contributed by atoms with Crippen LogP contribution in [0, 0.1) is 0 Å². The lowest BCUT2D eigenvalue weighted by atomic mass is 9.90. The molecule has 1 fully saturated rings. The van der Waals surface area contributed by atoms with E-state index in [-0.39, 0.29) is 17.9 Å². The molecule has 2 rings (SSSR count). The largest absolute Gasteiger partial charge is 0.444 e. The first-order valence-electron chi connectivity index (χ1n) is 10.3. The minimum Gasteiger partial charge on any atom is -0.444 e. The van der Waals surface area contributed by atoms with E-state index in [0.717, 1.165) is 19.3 Å². The summed E-state index contributed by atoms with van der Waals surface area (Å²) in [7, 11) is 3.38. The molecule has 4 amide bonds. The lowest BCUT2D eigenvalue weighted by Crippen LogP contribution is -2.55. The van der Waals surface area contributed by atoms with E-state index in [9.17, 15) is 19.2 Å². The Morgan fingerprint density at radius 3 is 2.12 bits per heavy atom. The van der Waals surface area contributed by atoms with E-state index in [4.69, 9.17) is 16.3 Å². The van der Waals surface area contributed by atoms with Crippen LogP contribution < -0.4 is 16.0 Å². The van der Waals surface area contributed by atoms with Crippen molar-refractivity contribution in [2.75, 3.05) is 19.4 Å². The predicted octanol–water partition coefficient (Wildman–Crippen LogP) is 2.33. The van der Waals surface area contributed by atoms with Crippen LogP contribution in [0.5, 0.6) is 0 Å². The summed E-state index contributed by atoms with van der Waals surface area (Å²) in [5.41, 5.74) is -0.608. The zero-order valence-electron chi connectivity index (χ0n) is 19.1. The van der Waals surface area contributed by atoms with E-state index in [1.54, 1.807) is 40.9 Å². The van der Waals surface area contributed by atoms with Crippen LogP contribution in [0.4, 0.5) is 10.6 Å². The molecule has 0 saturated heterocycles. The smallest absolute Gasteiger partial charge is 0.407 e. The number of alkyl carbamates (subject to hydrolysis) is 1. The van der Waals surface area contributed by atoms with E-state index in [1.807, 2.05) is 0 Å². The van der Waals surface area contributed by atoms with Gasteiger partial charge in [-0.2, -0.15) is 0 Å². The van der Waals surface area contributed by atoms with Crippen LogP contribution in [0.15, 0.2) is 18.3 Å². The highest BCUT2D eigenvalue weighted by Crippen LogP contribution is 2.19. The summed E-state index contributed by atoms with van der Waals surface area (Å²) < 4.78 is 5.27. The molecule has 0 aliphatic heterocycles. The quantitative estimate of drug-likeness (QED) is 0.458. The Balaban J connectivity index is 0.000000920. The highest BCUT2D eigenvalue weighted by molar-refractivity contribution is 6.39. The molecule has 10 nitrogen and oxygen atoms in total. The van der Waals surface area contributed by atoms with Gasteiger partial charge >= 0.3 is 17.9 Å². The van der Waals surface area contributed by atoms with E-state index in [0.29, 0.717) is 17.9 Å². The normalized spacial score (nSPS) is 17.7. The second kappa shape index (κ2) is 12.8. The minimum absolute atomic E-state index is 0.228.